The Hall–Kier alpha value is -4.65. The van der Waals surface area contributed by atoms with Crippen LogP contribution in [0.5, 0.6) is 0 Å². The summed E-state index contributed by atoms with van der Waals surface area (Å²) in [5.41, 5.74) is 1.03. The largest absolute Gasteiger partial charge is 0.357 e. The molecule has 12 nitrogen and oxygen atoms in total. The van der Waals surface area contributed by atoms with Gasteiger partial charge in [0.1, 0.15) is 23.0 Å². The molecule has 0 radical (unpaired) electrons. The fourth-order valence-electron chi connectivity index (χ4n) is 4.78. The summed E-state index contributed by atoms with van der Waals surface area (Å²) in [6.45, 7) is 11.3. The van der Waals surface area contributed by atoms with Crippen molar-refractivity contribution in [2.24, 2.45) is 0 Å². The van der Waals surface area contributed by atoms with E-state index in [9.17, 15) is 14.0 Å². The van der Waals surface area contributed by atoms with E-state index in [2.05, 4.69) is 41.1 Å². The summed E-state index contributed by atoms with van der Waals surface area (Å²) in [5, 5.41) is 12.2. The summed E-state index contributed by atoms with van der Waals surface area (Å²) in [6, 6.07) is 5.18. The first-order chi connectivity index (χ1) is 20.1. The predicted molar refractivity (Wildman–Crippen MR) is 163 cm³/mol. The number of hydrogen-bond acceptors (Lipinski definition) is 9. The van der Waals surface area contributed by atoms with Crippen LogP contribution >= 0.6 is 0 Å². The number of carbonyl (C=O) groups is 1. The van der Waals surface area contributed by atoms with Gasteiger partial charge in [0.25, 0.3) is 5.56 Å². The highest BCUT2D eigenvalue weighted by Gasteiger charge is 2.24. The molecule has 3 aromatic heterocycles. The molecule has 1 fully saturated rings. The van der Waals surface area contributed by atoms with Crippen molar-refractivity contribution >= 4 is 40.2 Å². The fraction of sp³-hybridized carbons (Fsp3) is 0.379. The zero-order valence-corrected chi connectivity index (χ0v) is 24.4. The van der Waals surface area contributed by atoms with E-state index in [1.807, 2.05) is 27.7 Å². The van der Waals surface area contributed by atoms with Crippen molar-refractivity contribution in [3.05, 3.63) is 58.7 Å². The highest BCUT2D eigenvalue weighted by atomic mass is 19.1. The van der Waals surface area contributed by atoms with Crippen LogP contribution in [0, 0.1) is 5.82 Å². The van der Waals surface area contributed by atoms with Gasteiger partial charge in [-0.05, 0) is 30.7 Å². The van der Waals surface area contributed by atoms with Gasteiger partial charge in [-0.2, -0.15) is 4.98 Å². The Labute approximate surface area is 242 Å². The molecular formula is C29H35FN10O2. The number of hydrogen-bond donors (Lipinski definition) is 4. The third kappa shape index (κ3) is 5.86. The number of anilines is 4. The molecule has 42 heavy (non-hydrogen) atoms. The van der Waals surface area contributed by atoms with Gasteiger partial charge in [-0.15, -0.1) is 0 Å². The maximum absolute atomic E-state index is 14.9. The molecule has 0 aliphatic carbocycles. The smallest absolute Gasteiger partial charge is 0.323 e. The molecular weight excluding hydrogens is 539 g/mol. The van der Waals surface area contributed by atoms with Gasteiger partial charge in [0.15, 0.2) is 5.82 Å². The Morgan fingerprint density at radius 3 is 2.48 bits per heavy atom. The number of aryl methyl sites for hydroxylation is 1. The quantitative estimate of drug-likeness (QED) is 0.270. The maximum Gasteiger partial charge on any atom is 0.323 e. The molecule has 0 spiro atoms. The highest BCUT2D eigenvalue weighted by Crippen LogP contribution is 2.29. The molecule has 0 bridgehead atoms. The summed E-state index contributed by atoms with van der Waals surface area (Å²) in [7, 11) is 1.70. The molecule has 1 aliphatic heterocycles. The van der Waals surface area contributed by atoms with Crippen LogP contribution in [0.4, 0.5) is 32.3 Å². The van der Waals surface area contributed by atoms with Crippen LogP contribution in [0.1, 0.15) is 33.5 Å². The number of amides is 2. The van der Waals surface area contributed by atoms with Crippen molar-refractivity contribution in [1.29, 1.82) is 0 Å². The Morgan fingerprint density at radius 1 is 1.05 bits per heavy atom. The number of halogens is 1. The van der Waals surface area contributed by atoms with E-state index in [-0.39, 0.29) is 16.7 Å². The number of aromatic nitrogens is 5. The number of piperazine rings is 1. The molecule has 4 N–H and O–H groups in total. The Balaban J connectivity index is 1.45. The molecule has 2 amide bonds. The molecule has 1 saturated heterocycles. The van der Waals surface area contributed by atoms with Crippen LogP contribution in [0.3, 0.4) is 0 Å². The van der Waals surface area contributed by atoms with Crippen molar-refractivity contribution in [3.63, 3.8) is 0 Å². The summed E-state index contributed by atoms with van der Waals surface area (Å²) in [5.74, 6) is 1.02. The van der Waals surface area contributed by atoms with E-state index in [1.54, 1.807) is 25.5 Å². The van der Waals surface area contributed by atoms with Crippen LogP contribution < -0.4 is 31.7 Å². The summed E-state index contributed by atoms with van der Waals surface area (Å²) in [4.78, 5) is 46.6. The lowest BCUT2D eigenvalue weighted by molar-refractivity contribution is 0.262. The van der Waals surface area contributed by atoms with Gasteiger partial charge in [0, 0.05) is 62.3 Å². The molecule has 0 atom stereocenters. The molecule has 5 rings (SSSR count). The molecule has 4 heterocycles. The van der Waals surface area contributed by atoms with Crippen LogP contribution in [0.15, 0.2) is 41.5 Å². The van der Waals surface area contributed by atoms with Gasteiger partial charge < -0.3 is 26.2 Å². The number of rotatable bonds is 6. The SMILES string of the molecule is CCn1c(=O)c(-c2ccc(F)c(NC(=O)Nc3cnc(C(C)(C)C)nc3N3CCNCC3)c2)cc2cnc(NC)nc21. The number of carbonyl (C=O) groups excluding carboxylic acids is 1. The average Bonchev–Trinajstić information content (AvgIpc) is 2.98. The van der Waals surface area contributed by atoms with Gasteiger partial charge in [0.2, 0.25) is 5.95 Å². The normalized spacial score (nSPS) is 13.7. The van der Waals surface area contributed by atoms with E-state index >= 15 is 0 Å². The molecule has 13 heteroatoms. The summed E-state index contributed by atoms with van der Waals surface area (Å²) >= 11 is 0. The van der Waals surface area contributed by atoms with E-state index in [4.69, 9.17) is 4.98 Å². The van der Waals surface area contributed by atoms with Crippen LogP contribution in [0.2, 0.25) is 0 Å². The van der Waals surface area contributed by atoms with Gasteiger partial charge in [-0.25, -0.2) is 24.1 Å². The lowest BCUT2D eigenvalue weighted by Crippen LogP contribution is -2.44. The molecule has 1 aliphatic rings. The van der Waals surface area contributed by atoms with Crippen LogP contribution in [-0.2, 0) is 12.0 Å². The zero-order valence-electron chi connectivity index (χ0n) is 24.4. The molecule has 1 aromatic carbocycles. The van der Waals surface area contributed by atoms with Crippen molar-refractivity contribution in [2.45, 2.75) is 39.7 Å². The van der Waals surface area contributed by atoms with Crippen molar-refractivity contribution < 1.29 is 9.18 Å². The first-order valence-corrected chi connectivity index (χ1v) is 13.9. The van der Waals surface area contributed by atoms with Gasteiger partial charge in [0.05, 0.1) is 11.9 Å². The van der Waals surface area contributed by atoms with Crippen molar-refractivity contribution in [2.75, 3.05) is 54.1 Å². The number of nitrogens with one attached hydrogen (secondary N) is 4. The molecule has 0 unspecified atom stereocenters. The number of pyridine rings is 1. The van der Waals surface area contributed by atoms with E-state index < -0.39 is 11.8 Å². The van der Waals surface area contributed by atoms with Gasteiger partial charge in [-0.3, -0.25) is 9.36 Å². The lowest BCUT2D eigenvalue weighted by atomic mass is 9.96. The third-order valence-corrected chi connectivity index (χ3v) is 7.00. The van der Waals surface area contributed by atoms with E-state index in [1.165, 1.54) is 22.8 Å². The number of benzene rings is 1. The predicted octanol–water partition coefficient (Wildman–Crippen LogP) is 3.80. The topological polar surface area (TPSA) is 142 Å². The minimum Gasteiger partial charge on any atom is -0.357 e. The van der Waals surface area contributed by atoms with Crippen LogP contribution in [0.25, 0.3) is 22.2 Å². The van der Waals surface area contributed by atoms with E-state index in [0.29, 0.717) is 52.0 Å². The van der Waals surface area contributed by atoms with Gasteiger partial charge >= 0.3 is 6.03 Å². The average molecular weight is 575 g/mol. The standard InChI is InChI=1S/C29H35FN10O2/c1-6-40-23-18(15-34-27(31-5)38-23)13-19(25(40)41)17-7-8-20(30)21(14-17)35-28(42)36-22-16-33-26(29(2,3)4)37-24(22)39-11-9-32-10-12-39/h7-8,13-16,32H,6,9-12H2,1-5H3,(H,31,34,38)(H2,35,36,42). The first-order valence-electron chi connectivity index (χ1n) is 13.9. The van der Waals surface area contributed by atoms with Crippen molar-refractivity contribution in [1.82, 2.24) is 29.8 Å². The number of fused-ring (bicyclic) bond motifs is 1. The zero-order chi connectivity index (χ0) is 30.0. The number of urea groups is 1. The van der Waals surface area contributed by atoms with E-state index in [0.717, 1.165) is 26.2 Å². The second-order valence-electron chi connectivity index (χ2n) is 11.0. The van der Waals surface area contributed by atoms with Crippen LogP contribution in [-0.4, -0.2) is 63.8 Å². The second kappa shape index (κ2) is 11.7. The minimum absolute atomic E-state index is 0.0784. The number of nitrogens with zero attached hydrogens (tertiary/aromatic N) is 6. The Bertz CT molecular complexity index is 1690. The van der Waals surface area contributed by atoms with Crippen molar-refractivity contribution in [3.8, 4) is 11.1 Å². The third-order valence-electron chi connectivity index (χ3n) is 7.00. The maximum atomic E-state index is 14.9. The Morgan fingerprint density at radius 2 is 1.79 bits per heavy atom. The monoisotopic (exact) mass is 574 g/mol. The summed E-state index contributed by atoms with van der Waals surface area (Å²) < 4.78 is 16.5. The lowest BCUT2D eigenvalue weighted by Gasteiger charge is -2.31. The van der Waals surface area contributed by atoms with Gasteiger partial charge in [-0.1, -0.05) is 26.8 Å². The second-order valence-corrected chi connectivity index (χ2v) is 11.0. The fourth-order valence-corrected chi connectivity index (χ4v) is 4.78. The summed E-state index contributed by atoms with van der Waals surface area (Å²) in [6.07, 6.45) is 3.21. The minimum atomic E-state index is -0.660. The molecule has 4 aromatic rings. The first kappa shape index (κ1) is 28.9. The Kier molecular flexibility index (Phi) is 8.03. The molecule has 0 saturated carbocycles. The molecule has 220 valence electrons. The highest BCUT2D eigenvalue weighted by molar-refractivity contribution is 6.01.